The van der Waals surface area contributed by atoms with Gasteiger partial charge in [0.1, 0.15) is 0 Å². The average molecular weight is 286 g/mol. The van der Waals surface area contributed by atoms with Gasteiger partial charge >= 0.3 is 0 Å². The van der Waals surface area contributed by atoms with Crippen LogP contribution in [0.2, 0.25) is 0 Å². The summed E-state index contributed by atoms with van der Waals surface area (Å²) in [5, 5.41) is 4.40. The molecule has 1 aromatic heterocycles. The first-order valence-electron chi connectivity index (χ1n) is 7.41. The smallest absolute Gasteiger partial charge is 0.0440 e. The van der Waals surface area contributed by atoms with Gasteiger partial charge in [0.05, 0.1) is 0 Å². The van der Waals surface area contributed by atoms with Gasteiger partial charge in [-0.3, -0.25) is 0 Å². The molecular formula is C17H22N2S. The Kier molecular flexibility index (Phi) is 4.08. The first-order valence-corrected chi connectivity index (χ1v) is 8.36. The van der Waals surface area contributed by atoms with E-state index in [2.05, 4.69) is 52.9 Å². The molecule has 1 heterocycles. The zero-order valence-corrected chi connectivity index (χ0v) is 12.8. The van der Waals surface area contributed by atoms with Gasteiger partial charge < -0.3 is 10.6 Å². The summed E-state index contributed by atoms with van der Waals surface area (Å²) in [5.41, 5.74) is 10.3. The van der Waals surface area contributed by atoms with Crippen LogP contribution in [-0.2, 0) is 6.54 Å². The number of benzene rings is 1. The van der Waals surface area contributed by atoms with Crippen molar-refractivity contribution in [1.82, 2.24) is 0 Å². The molecule has 1 atom stereocenters. The number of nitrogens with zero attached hydrogens (tertiary/aromatic N) is 1. The van der Waals surface area contributed by atoms with Crippen LogP contribution in [0.5, 0.6) is 0 Å². The van der Waals surface area contributed by atoms with Gasteiger partial charge in [-0.05, 0) is 53.3 Å². The van der Waals surface area contributed by atoms with Crippen LogP contribution in [0, 0.1) is 0 Å². The van der Waals surface area contributed by atoms with Crippen molar-refractivity contribution >= 4 is 17.0 Å². The number of thiophene rings is 1. The van der Waals surface area contributed by atoms with Crippen molar-refractivity contribution in [2.24, 2.45) is 5.73 Å². The molecule has 1 saturated carbocycles. The summed E-state index contributed by atoms with van der Waals surface area (Å²) in [7, 11) is 0. The maximum atomic E-state index is 6.30. The third kappa shape index (κ3) is 2.89. The van der Waals surface area contributed by atoms with E-state index in [-0.39, 0.29) is 6.04 Å². The first-order chi connectivity index (χ1) is 9.79. The fraction of sp³-hybridized carbons (Fsp3) is 0.412. The summed E-state index contributed by atoms with van der Waals surface area (Å²) in [6.45, 7) is 3.16. The molecule has 0 radical (unpaired) electrons. The summed E-state index contributed by atoms with van der Waals surface area (Å²) in [5.74, 6) is 0. The van der Waals surface area contributed by atoms with Gasteiger partial charge in [0.15, 0.2) is 0 Å². The molecule has 106 valence electrons. The topological polar surface area (TPSA) is 29.3 Å². The van der Waals surface area contributed by atoms with E-state index in [4.69, 9.17) is 5.73 Å². The van der Waals surface area contributed by atoms with Crippen molar-refractivity contribution < 1.29 is 0 Å². The Labute approximate surface area is 125 Å². The lowest BCUT2D eigenvalue weighted by Crippen LogP contribution is -2.27. The molecule has 0 saturated heterocycles. The standard InChI is InChI=1S/C17H22N2S/c1-2-16(18)15-5-3-4-6-17(15)19(14-7-8-14)11-13-9-10-20-12-13/h3-6,9-10,12,14,16H,2,7-8,11,18H2,1H3/t16-/m1/s1. The molecule has 0 amide bonds. The zero-order valence-electron chi connectivity index (χ0n) is 12.0. The summed E-state index contributed by atoms with van der Waals surface area (Å²) >= 11 is 1.77. The fourth-order valence-corrected chi connectivity index (χ4v) is 3.32. The van der Waals surface area contributed by atoms with Crippen molar-refractivity contribution in [1.29, 1.82) is 0 Å². The molecule has 0 aliphatic heterocycles. The monoisotopic (exact) mass is 286 g/mol. The number of hydrogen-bond donors (Lipinski definition) is 1. The van der Waals surface area contributed by atoms with Gasteiger partial charge in [-0.15, -0.1) is 0 Å². The van der Waals surface area contributed by atoms with Crippen LogP contribution >= 0.6 is 11.3 Å². The van der Waals surface area contributed by atoms with Crippen molar-refractivity contribution in [3.8, 4) is 0 Å². The molecule has 20 heavy (non-hydrogen) atoms. The predicted molar refractivity (Wildman–Crippen MR) is 87.2 cm³/mol. The van der Waals surface area contributed by atoms with Crippen LogP contribution < -0.4 is 10.6 Å². The number of rotatable bonds is 6. The fourth-order valence-electron chi connectivity index (χ4n) is 2.66. The quantitative estimate of drug-likeness (QED) is 0.856. The SMILES string of the molecule is CC[C@@H](N)c1ccccc1N(Cc1ccsc1)C1CC1. The van der Waals surface area contributed by atoms with Gasteiger partial charge in [-0.2, -0.15) is 11.3 Å². The molecule has 1 aliphatic rings. The van der Waals surface area contributed by atoms with Crippen LogP contribution in [0.25, 0.3) is 0 Å². The lowest BCUT2D eigenvalue weighted by Gasteiger charge is -2.28. The normalized spacial score (nSPS) is 16.1. The van der Waals surface area contributed by atoms with Gasteiger partial charge in [-0.25, -0.2) is 0 Å². The van der Waals surface area contributed by atoms with Crippen LogP contribution in [0.3, 0.4) is 0 Å². The average Bonchev–Trinajstić information content (AvgIpc) is 3.20. The summed E-state index contributed by atoms with van der Waals surface area (Å²) in [6, 6.07) is 11.7. The molecule has 2 N–H and O–H groups in total. The number of nitrogens with two attached hydrogens (primary N) is 1. The number of para-hydroxylation sites is 1. The van der Waals surface area contributed by atoms with E-state index in [9.17, 15) is 0 Å². The van der Waals surface area contributed by atoms with E-state index < -0.39 is 0 Å². The predicted octanol–water partition coefficient (Wildman–Crippen LogP) is 4.33. The molecule has 2 nitrogen and oxygen atoms in total. The summed E-state index contributed by atoms with van der Waals surface area (Å²) in [4.78, 5) is 2.55. The summed E-state index contributed by atoms with van der Waals surface area (Å²) < 4.78 is 0. The molecular weight excluding hydrogens is 264 g/mol. The maximum absolute atomic E-state index is 6.30. The molecule has 0 spiro atoms. The lowest BCUT2D eigenvalue weighted by atomic mass is 10.0. The molecule has 1 aliphatic carbocycles. The highest BCUT2D eigenvalue weighted by molar-refractivity contribution is 7.07. The van der Waals surface area contributed by atoms with E-state index in [1.807, 2.05) is 0 Å². The Morgan fingerprint density at radius 3 is 2.75 bits per heavy atom. The third-order valence-electron chi connectivity index (χ3n) is 4.01. The Morgan fingerprint density at radius 1 is 1.30 bits per heavy atom. The highest BCUT2D eigenvalue weighted by Gasteiger charge is 2.31. The van der Waals surface area contributed by atoms with Gasteiger partial charge in [0.2, 0.25) is 0 Å². The van der Waals surface area contributed by atoms with Crippen molar-refractivity contribution in [3.05, 3.63) is 52.2 Å². The van der Waals surface area contributed by atoms with Gasteiger partial charge in [-0.1, -0.05) is 25.1 Å². The summed E-state index contributed by atoms with van der Waals surface area (Å²) in [6.07, 6.45) is 3.59. The Morgan fingerprint density at radius 2 is 2.10 bits per heavy atom. The molecule has 3 rings (SSSR count). The van der Waals surface area contributed by atoms with Crippen LogP contribution in [0.4, 0.5) is 5.69 Å². The number of anilines is 1. The lowest BCUT2D eigenvalue weighted by molar-refractivity contribution is 0.686. The Bertz CT molecular complexity index is 546. The highest BCUT2D eigenvalue weighted by atomic mass is 32.1. The Balaban J connectivity index is 1.91. The second-order valence-corrected chi connectivity index (χ2v) is 6.34. The second-order valence-electron chi connectivity index (χ2n) is 5.56. The first kappa shape index (κ1) is 13.7. The van der Waals surface area contributed by atoms with E-state index in [0.29, 0.717) is 6.04 Å². The molecule has 0 bridgehead atoms. The number of hydrogen-bond acceptors (Lipinski definition) is 3. The van der Waals surface area contributed by atoms with E-state index >= 15 is 0 Å². The van der Waals surface area contributed by atoms with Gasteiger partial charge in [0.25, 0.3) is 0 Å². The van der Waals surface area contributed by atoms with Crippen LogP contribution in [0.15, 0.2) is 41.1 Å². The van der Waals surface area contributed by atoms with E-state index in [0.717, 1.165) is 13.0 Å². The zero-order chi connectivity index (χ0) is 13.9. The largest absolute Gasteiger partial charge is 0.364 e. The van der Waals surface area contributed by atoms with Crippen molar-refractivity contribution in [2.75, 3.05) is 4.90 Å². The van der Waals surface area contributed by atoms with Crippen LogP contribution in [-0.4, -0.2) is 6.04 Å². The molecule has 3 heteroatoms. The molecule has 1 fully saturated rings. The molecule has 0 unspecified atom stereocenters. The second kappa shape index (κ2) is 5.98. The molecule has 1 aromatic carbocycles. The minimum absolute atomic E-state index is 0.134. The molecule has 2 aromatic rings. The minimum atomic E-state index is 0.134. The van der Waals surface area contributed by atoms with Crippen molar-refractivity contribution in [2.45, 2.75) is 44.8 Å². The van der Waals surface area contributed by atoms with Gasteiger partial charge in [0, 0.05) is 24.3 Å². The van der Waals surface area contributed by atoms with E-state index in [1.165, 1.54) is 29.7 Å². The van der Waals surface area contributed by atoms with E-state index in [1.54, 1.807) is 11.3 Å². The Hall–Kier alpha value is -1.32. The maximum Gasteiger partial charge on any atom is 0.0440 e. The van der Waals surface area contributed by atoms with Crippen LogP contribution in [0.1, 0.15) is 43.4 Å². The highest BCUT2D eigenvalue weighted by Crippen LogP contribution is 2.37. The van der Waals surface area contributed by atoms with Crippen molar-refractivity contribution in [3.63, 3.8) is 0 Å². The third-order valence-corrected chi connectivity index (χ3v) is 4.74. The minimum Gasteiger partial charge on any atom is -0.364 e.